The summed E-state index contributed by atoms with van der Waals surface area (Å²) >= 11 is 7.70. The van der Waals surface area contributed by atoms with Crippen LogP contribution in [0.3, 0.4) is 0 Å². The molecule has 1 fully saturated rings. The molecule has 2 aromatic carbocycles. The Morgan fingerprint density at radius 2 is 2.14 bits per heavy atom. The van der Waals surface area contributed by atoms with E-state index in [2.05, 4.69) is 4.98 Å². The minimum absolute atomic E-state index is 0.0851. The monoisotopic (exact) mass is 514 g/mol. The number of aromatic amines is 1. The summed E-state index contributed by atoms with van der Waals surface area (Å²) in [5.74, 6) is 0.00370. The summed E-state index contributed by atoms with van der Waals surface area (Å²) in [6.07, 6.45) is 1.64. The van der Waals surface area contributed by atoms with Crippen molar-refractivity contribution in [3.05, 3.63) is 74.1 Å². The van der Waals surface area contributed by atoms with Crippen molar-refractivity contribution in [2.24, 2.45) is 0 Å². The highest BCUT2D eigenvalue weighted by Gasteiger charge is 2.28. The van der Waals surface area contributed by atoms with Gasteiger partial charge in [-0.15, -0.1) is 11.3 Å². The van der Waals surface area contributed by atoms with Crippen molar-refractivity contribution in [2.75, 3.05) is 19.8 Å². The topological polar surface area (TPSA) is 71.6 Å². The van der Waals surface area contributed by atoms with Crippen LogP contribution >= 0.6 is 22.9 Å². The van der Waals surface area contributed by atoms with Gasteiger partial charge < -0.3 is 19.4 Å². The zero-order valence-corrected chi connectivity index (χ0v) is 20.7. The Hall–Kier alpha value is -2.94. The third kappa shape index (κ3) is 4.91. The Morgan fingerprint density at radius 1 is 1.29 bits per heavy atom. The number of rotatable bonds is 7. The molecule has 0 aliphatic carbocycles. The van der Waals surface area contributed by atoms with Crippen LogP contribution in [-0.2, 0) is 11.3 Å². The number of pyridine rings is 1. The molecule has 0 unspecified atom stereocenters. The van der Waals surface area contributed by atoms with Crippen molar-refractivity contribution in [3.63, 3.8) is 0 Å². The first kappa shape index (κ1) is 23.8. The lowest BCUT2D eigenvalue weighted by Gasteiger charge is -2.25. The fourth-order valence-electron chi connectivity index (χ4n) is 4.38. The van der Waals surface area contributed by atoms with Gasteiger partial charge >= 0.3 is 0 Å². The second kappa shape index (κ2) is 9.97. The van der Waals surface area contributed by atoms with Gasteiger partial charge in [-0.3, -0.25) is 9.59 Å². The summed E-state index contributed by atoms with van der Waals surface area (Å²) in [6, 6.07) is 11.5. The molecular weight excluding hydrogens is 491 g/mol. The van der Waals surface area contributed by atoms with E-state index in [1.165, 1.54) is 12.1 Å². The molecule has 9 heteroatoms. The Labute approximate surface area is 210 Å². The van der Waals surface area contributed by atoms with Gasteiger partial charge in [0.15, 0.2) is 0 Å². The second-order valence-electron chi connectivity index (χ2n) is 8.51. The predicted octanol–water partition coefficient (Wildman–Crippen LogP) is 5.76. The van der Waals surface area contributed by atoms with E-state index < -0.39 is 0 Å². The molecule has 182 valence electrons. The zero-order chi connectivity index (χ0) is 24.5. The van der Waals surface area contributed by atoms with E-state index in [0.29, 0.717) is 56.6 Å². The van der Waals surface area contributed by atoms with E-state index in [0.717, 1.165) is 29.6 Å². The molecule has 0 bridgehead atoms. The second-order valence-corrected chi connectivity index (χ2v) is 9.94. The molecule has 1 saturated heterocycles. The lowest BCUT2D eigenvalue weighted by Crippen LogP contribution is -2.38. The smallest absolute Gasteiger partial charge is 0.265 e. The van der Waals surface area contributed by atoms with E-state index in [-0.39, 0.29) is 29.9 Å². The number of carbonyl (C=O) groups excluding carboxylic acids is 1. The van der Waals surface area contributed by atoms with Gasteiger partial charge in [-0.1, -0.05) is 11.6 Å². The maximum absolute atomic E-state index is 13.7. The first-order valence-corrected chi connectivity index (χ1v) is 12.7. The first-order valence-electron chi connectivity index (χ1n) is 11.5. The molecule has 6 nitrogen and oxygen atoms in total. The van der Waals surface area contributed by atoms with Crippen LogP contribution in [0.5, 0.6) is 5.75 Å². The number of ether oxygens (including phenoxy) is 2. The van der Waals surface area contributed by atoms with Crippen molar-refractivity contribution in [1.29, 1.82) is 0 Å². The van der Waals surface area contributed by atoms with Gasteiger partial charge in [0.05, 0.1) is 24.3 Å². The third-order valence-electron chi connectivity index (χ3n) is 6.09. The summed E-state index contributed by atoms with van der Waals surface area (Å²) in [5.41, 5.74) is 0.867. The van der Waals surface area contributed by atoms with Crippen LogP contribution in [-0.4, -0.2) is 41.7 Å². The number of H-pyrrole nitrogens is 1. The van der Waals surface area contributed by atoms with Crippen LogP contribution in [0.25, 0.3) is 21.0 Å². The quantitative estimate of drug-likeness (QED) is 0.340. The van der Waals surface area contributed by atoms with Crippen LogP contribution in [0, 0.1) is 5.82 Å². The van der Waals surface area contributed by atoms with E-state index in [9.17, 15) is 14.0 Å². The van der Waals surface area contributed by atoms with E-state index >= 15 is 0 Å². The van der Waals surface area contributed by atoms with Crippen LogP contribution < -0.4 is 10.3 Å². The Balaban J connectivity index is 1.51. The van der Waals surface area contributed by atoms with Crippen molar-refractivity contribution >= 4 is 49.8 Å². The van der Waals surface area contributed by atoms with Gasteiger partial charge in [0, 0.05) is 39.7 Å². The third-order valence-corrected chi connectivity index (χ3v) is 7.73. The highest BCUT2D eigenvalue weighted by atomic mass is 35.5. The average molecular weight is 515 g/mol. The number of hydrogen-bond acceptors (Lipinski definition) is 5. The lowest BCUT2D eigenvalue weighted by atomic mass is 10.1. The number of aromatic nitrogens is 1. The summed E-state index contributed by atoms with van der Waals surface area (Å²) in [7, 11) is 0. The molecule has 35 heavy (non-hydrogen) atoms. The van der Waals surface area contributed by atoms with Gasteiger partial charge in [-0.25, -0.2) is 4.39 Å². The van der Waals surface area contributed by atoms with Crippen molar-refractivity contribution in [1.82, 2.24) is 9.88 Å². The van der Waals surface area contributed by atoms with Crippen LogP contribution in [0.4, 0.5) is 4.39 Å². The van der Waals surface area contributed by atoms with Gasteiger partial charge in [0.2, 0.25) is 0 Å². The first-order chi connectivity index (χ1) is 16.9. The number of nitrogens with zero attached hydrogens (tertiary/aromatic N) is 1. The maximum Gasteiger partial charge on any atom is 0.265 e. The molecule has 1 atom stereocenters. The molecule has 1 aliphatic heterocycles. The van der Waals surface area contributed by atoms with Crippen LogP contribution in [0.2, 0.25) is 5.02 Å². The number of fused-ring (bicyclic) bond motifs is 2. The summed E-state index contributed by atoms with van der Waals surface area (Å²) in [5, 5.41) is 1.73. The van der Waals surface area contributed by atoms with Crippen molar-refractivity contribution in [2.45, 2.75) is 32.4 Å². The Bertz CT molecular complexity index is 1460. The number of halogens is 2. The predicted molar refractivity (Wildman–Crippen MR) is 136 cm³/mol. The van der Waals surface area contributed by atoms with Gasteiger partial charge in [-0.2, -0.15) is 0 Å². The number of benzene rings is 2. The molecule has 2 aromatic heterocycles. The molecule has 0 saturated carbocycles. The van der Waals surface area contributed by atoms with Crippen LogP contribution in [0.15, 0.2) is 47.3 Å². The normalized spacial score (nSPS) is 15.7. The van der Waals surface area contributed by atoms with E-state index in [4.69, 9.17) is 21.1 Å². The highest BCUT2D eigenvalue weighted by molar-refractivity contribution is 7.21. The molecule has 1 aliphatic rings. The SMILES string of the molecule is CCOc1ccc2[nH]c(=O)c(CN(C[C@@H]3CCCO3)C(=O)c3sc4cc(F)ccc4c3Cl)cc2c1. The number of carbonyl (C=O) groups is 1. The number of amides is 1. The van der Waals surface area contributed by atoms with Gasteiger partial charge in [0.1, 0.15) is 16.4 Å². The largest absolute Gasteiger partial charge is 0.494 e. The Kier molecular flexibility index (Phi) is 6.77. The fraction of sp³-hybridized carbons (Fsp3) is 0.308. The molecule has 1 amide bonds. The zero-order valence-electron chi connectivity index (χ0n) is 19.1. The maximum atomic E-state index is 13.7. The van der Waals surface area contributed by atoms with E-state index in [1.807, 2.05) is 13.0 Å². The minimum Gasteiger partial charge on any atom is -0.494 e. The molecule has 5 rings (SSSR count). The molecule has 0 spiro atoms. The van der Waals surface area contributed by atoms with Gasteiger partial charge in [0.25, 0.3) is 11.5 Å². The number of nitrogens with one attached hydrogen (secondary N) is 1. The number of hydrogen-bond donors (Lipinski definition) is 1. The summed E-state index contributed by atoms with van der Waals surface area (Å²) < 4.78 is 25.7. The summed E-state index contributed by atoms with van der Waals surface area (Å²) in [6.45, 7) is 3.50. The Morgan fingerprint density at radius 3 is 2.91 bits per heavy atom. The fourth-order valence-corrected chi connectivity index (χ4v) is 5.89. The highest BCUT2D eigenvalue weighted by Crippen LogP contribution is 2.37. The summed E-state index contributed by atoms with van der Waals surface area (Å²) in [4.78, 5) is 31.4. The number of thiophene rings is 1. The van der Waals surface area contributed by atoms with E-state index in [1.54, 1.807) is 29.2 Å². The minimum atomic E-state index is -0.389. The average Bonchev–Trinajstić information content (AvgIpc) is 3.46. The molecule has 3 heterocycles. The molecule has 4 aromatic rings. The van der Waals surface area contributed by atoms with Crippen LogP contribution in [0.1, 0.15) is 35.0 Å². The van der Waals surface area contributed by atoms with Crippen molar-refractivity contribution in [3.8, 4) is 5.75 Å². The molecular formula is C26H24ClFN2O4S. The standard InChI is InChI=1S/C26H24ClFN2O4S/c1-2-33-18-6-8-21-15(11-18)10-16(25(31)29-21)13-30(14-19-4-3-9-34-19)26(32)24-23(27)20-7-5-17(28)12-22(20)35-24/h5-8,10-12,19H,2-4,9,13-14H2,1H3,(H,29,31)/t19-/m0/s1. The lowest BCUT2D eigenvalue weighted by molar-refractivity contribution is 0.0510. The molecule has 1 N–H and O–H groups in total. The van der Waals surface area contributed by atoms with Gasteiger partial charge in [-0.05, 0) is 62.2 Å². The molecule has 0 radical (unpaired) electrons. The van der Waals surface area contributed by atoms with Crippen molar-refractivity contribution < 1.29 is 18.7 Å².